The van der Waals surface area contributed by atoms with E-state index in [2.05, 4.69) is 21.0 Å². The number of halogens is 2. The van der Waals surface area contributed by atoms with Crippen LogP contribution in [0.2, 0.25) is 0 Å². The van der Waals surface area contributed by atoms with Gasteiger partial charge in [0.05, 0.1) is 17.1 Å². The molecule has 28 heavy (non-hydrogen) atoms. The largest absolute Gasteiger partial charge is 0.478 e. The number of fused-ring (bicyclic) bond motifs is 2. The summed E-state index contributed by atoms with van der Waals surface area (Å²) in [6.07, 6.45) is 1.75. The summed E-state index contributed by atoms with van der Waals surface area (Å²) in [5.41, 5.74) is 2.47. The van der Waals surface area contributed by atoms with Gasteiger partial charge in [-0.25, -0.2) is 4.39 Å². The van der Waals surface area contributed by atoms with Crippen LogP contribution >= 0.6 is 12.4 Å². The molecule has 3 heterocycles. The minimum absolute atomic E-state index is 0. The van der Waals surface area contributed by atoms with E-state index in [1.807, 2.05) is 10.7 Å². The maximum Gasteiger partial charge on any atom is 0.262 e. The van der Waals surface area contributed by atoms with Gasteiger partial charge in [0.25, 0.3) is 5.91 Å². The van der Waals surface area contributed by atoms with Crippen molar-refractivity contribution in [2.24, 2.45) is 0 Å². The number of ether oxygens (including phenoxy) is 1. The summed E-state index contributed by atoms with van der Waals surface area (Å²) in [6.45, 7) is 2.40. The number of nitrogens with zero attached hydrogens (tertiary/aromatic N) is 2. The molecule has 2 aliphatic heterocycles. The lowest BCUT2D eigenvalue weighted by Gasteiger charge is -2.19. The molecule has 0 radical (unpaired) electrons. The molecular formula is C18H21ClFN5O3. The topological polar surface area (TPSA) is 97.3 Å². The van der Waals surface area contributed by atoms with E-state index in [0.29, 0.717) is 6.42 Å². The molecule has 2 amide bonds. The molecule has 0 saturated heterocycles. The Morgan fingerprint density at radius 2 is 2.21 bits per heavy atom. The minimum Gasteiger partial charge on any atom is -0.478 e. The number of anilines is 2. The van der Waals surface area contributed by atoms with Crippen molar-refractivity contribution in [1.82, 2.24) is 15.1 Å². The van der Waals surface area contributed by atoms with Crippen molar-refractivity contribution in [3.8, 4) is 5.75 Å². The average Bonchev–Trinajstić information content (AvgIpc) is 2.89. The molecule has 0 bridgehead atoms. The molecule has 0 unspecified atom stereocenters. The third-order valence-corrected chi connectivity index (χ3v) is 4.50. The number of hydrogen-bond donors (Lipinski definition) is 3. The van der Waals surface area contributed by atoms with E-state index >= 15 is 0 Å². The lowest BCUT2D eigenvalue weighted by atomic mass is 10.2. The van der Waals surface area contributed by atoms with Crippen LogP contribution in [0, 0.1) is 5.82 Å². The number of benzene rings is 1. The number of aromatic nitrogens is 2. The molecule has 3 N–H and O–H groups in total. The standard InChI is InChI=1S/C18H20FN5O3.ClH/c19-14-7-12(8-15-18(14)27-10-17(26)22-15)21-16(25)3-2-11-6-13-9-20-4-1-5-24(13)23-11;/h6-8,20H,1-5,9-10H2,(H,21,25)(H,22,26);1H. The smallest absolute Gasteiger partial charge is 0.262 e. The fourth-order valence-corrected chi connectivity index (χ4v) is 3.24. The van der Waals surface area contributed by atoms with E-state index in [1.54, 1.807) is 0 Å². The highest BCUT2D eigenvalue weighted by molar-refractivity contribution is 5.97. The van der Waals surface area contributed by atoms with Gasteiger partial charge in [-0.3, -0.25) is 14.3 Å². The molecule has 2 aromatic rings. The van der Waals surface area contributed by atoms with Gasteiger partial charge < -0.3 is 20.7 Å². The molecule has 0 spiro atoms. The number of carbonyl (C=O) groups excluding carboxylic acids is 2. The van der Waals surface area contributed by atoms with Crippen molar-refractivity contribution >= 4 is 35.6 Å². The molecule has 0 saturated carbocycles. The summed E-state index contributed by atoms with van der Waals surface area (Å²) in [6, 6.07) is 4.67. The van der Waals surface area contributed by atoms with Crippen molar-refractivity contribution in [1.29, 1.82) is 0 Å². The lowest BCUT2D eigenvalue weighted by Crippen LogP contribution is -2.26. The number of hydrogen-bond acceptors (Lipinski definition) is 5. The Morgan fingerprint density at radius 3 is 3.07 bits per heavy atom. The van der Waals surface area contributed by atoms with Gasteiger partial charge in [0, 0.05) is 37.7 Å². The number of amides is 2. The number of rotatable bonds is 4. The van der Waals surface area contributed by atoms with Gasteiger partial charge >= 0.3 is 0 Å². The van der Waals surface area contributed by atoms with Crippen molar-refractivity contribution in [3.63, 3.8) is 0 Å². The fraction of sp³-hybridized carbons (Fsp3) is 0.389. The van der Waals surface area contributed by atoms with Gasteiger partial charge in [-0.05, 0) is 25.1 Å². The molecule has 8 nitrogen and oxygen atoms in total. The average molecular weight is 410 g/mol. The Bertz CT molecular complexity index is 878. The predicted molar refractivity (Wildman–Crippen MR) is 103 cm³/mol. The Hall–Kier alpha value is -2.65. The lowest BCUT2D eigenvalue weighted by molar-refractivity contribution is -0.118. The van der Waals surface area contributed by atoms with E-state index in [1.165, 1.54) is 12.1 Å². The SMILES string of the molecule is Cl.O=C(CCc1cc2n(n1)CCCNC2)Nc1cc(F)c2c(c1)NC(=O)CO2. The normalized spacial score (nSPS) is 15.2. The van der Waals surface area contributed by atoms with Gasteiger partial charge in [-0.2, -0.15) is 5.10 Å². The molecule has 0 fully saturated rings. The zero-order valence-electron chi connectivity index (χ0n) is 15.1. The van der Waals surface area contributed by atoms with Crippen LogP contribution in [0.3, 0.4) is 0 Å². The summed E-state index contributed by atoms with van der Waals surface area (Å²) < 4.78 is 21.1. The summed E-state index contributed by atoms with van der Waals surface area (Å²) in [5, 5.41) is 13.1. The summed E-state index contributed by atoms with van der Waals surface area (Å²) in [7, 11) is 0. The van der Waals surface area contributed by atoms with Crippen LogP contribution in [-0.2, 0) is 29.1 Å². The zero-order valence-corrected chi connectivity index (χ0v) is 15.9. The Labute approximate surface area is 167 Å². The highest BCUT2D eigenvalue weighted by Crippen LogP contribution is 2.33. The van der Waals surface area contributed by atoms with Crippen molar-refractivity contribution in [2.75, 3.05) is 23.8 Å². The third-order valence-electron chi connectivity index (χ3n) is 4.50. The second kappa shape index (κ2) is 8.57. The van der Waals surface area contributed by atoms with Crippen LogP contribution in [0.4, 0.5) is 15.8 Å². The maximum absolute atomic E-state index is 14.1. The fourth-order valence-electron chi connectivity index (χ4n) is 3.24. The molecular weight excluding hydrogens is 389 g/mol. The van der Waals surface area contributed by atoms with Crippen LogP contribution < -0.4 is 20.7 Å². The third kappa shape index (κ3) is 4.42. The molecule has 4 rings (SSSR count). The highest BCUT2D eigenvalue weighted by atomic mass is 35.5. The van der Waals surface area contributed by atoms with Gasteiger partial charge in [-0.15, -0.1) is 12.4 Å². The molecule has 1 aromatic carbocycles. The van der Waals surface area contributed by atoms with Crippen molar-refractivity contribution in [2.45, 2.75) is 32.4 Å². The molecule has 2 aliphatic rings. The van der Waals surface area contributed by atoms with Crippen LogP contribution in [0.15, 0.2) is 18.2 Å². The second-order valence-electron chi connectivity index (χ2n) is 6.60. The van der Waals surface area contributed by atoms with E-state index in [4.69, 9.17) is 4.74 Å². The quantitative estimate of drug-likeness (QED) is 0.716. The maximum atomic E-state index is 14.1. The van der Waals surface area contributed by atoms with Crippen LogP contribution in [0.1, 0.15) is 24.2 Å². The zero-order chi connectivity index (χ0) is 18.8. The number of carbonyl (C=O) groups is 2. The second-order valence-corrected chi connectivity index (χ2v) is 6.60. The minimum atomic E-state index is -0.631. The summed E-state index contributed by atoms with van der Waals surface area (Å²) >= 11 is 0. The first-order valence-electron chi connectivity index (χ1n) is 8.91. The van der Waals surface area contributed by atoms with Crippen LogP contribution in [0.25, 0.3) is 0 Å². The monoisotopic (exact) mass is 409 g/mol. The van der Waals surface area contributed by atoms with Gasteiger partial charge in [0.2, 0.25) is 5.91 Å². The van der Waals surface area contributed by atoms with Crippen LogP contribution in [-0.4, -0.2) is 34.7 Å². The van der Waals surface area contributed by atoms with E-state index in [0.717, 1.165) is 37.4 Å². The van der Waals surface area contributed by atoms with E-state index in [-0.39, 0.29) is 54.4 Å². The molecule has 10 heteroatoms. The van der Waals surface area contributed by atoms with Crippen LogP contribution in [0.5, 0.6) is 5.75 Å². The Morgan fingerprint density at radius 1 is 1.36 bits per heavy atom. The first kappa shape index (κ1) is 20.1. The predicted octanol–water partition coefficient (Wildman–Crippen LogP) is 1.84. The summed E-state index contributed by atoms with van der Waals surface area (Å²) in [5.74, 6) is -1.26. The van der Waals surface area contributed by atoms with E-state index < -0.39 is 5.82 Å². The molecule has 0 aliphatic carbocycles. The Balaban J connectivity index is 0.00000225. The Kier molecular flexibility index (Phi) is 6.15. The van der Waals surface area contributed by atoms with Gasteiger partial charge in [-0.1, -0.05) is 0 Å². The number of nitrogens with one attached hydrogen (secondary N) is 3. The first-order valence-corrected chi connectivity index (χ1v) is 8.91. The summed E-state index contributed by atoms with van der Waals surface area (Å²) in [4.78, 5) is 23.6. The first-order chi connectivity index (χ1) is 13.1. The molecule has 1 aromatic heterocycles. The van der Waals surface area contributed by atoms with E-state index in [9.17, 15) is 14.0 Å². The number of aryl methyl sites for hydroxylation is 2. The molecule has 150 valence electrons. The molecule has 0 atom stereocenters. The van der Waals surface area contributed by atoms with Gasteiger partial charge in [0.15, 0.2) is 18.2 Å². The van der Waals surface area contributed by atoms with Gasteiger partial charge in [0.1, 0.15) is 0 Å². The van der Waals surface area contributed by atoms with Crippen molar-refractivity contribution in [3.05, 3.63) is 35.4 Å². The highest BCUT2D eigenvalue weighted by Gasteiger charge is 2.21. The van der Waals surface area contributed by atoms with Crippen molar-refractivity contribution < 1.29 is 18.7 Å².